The molecule has 0 saturated carbocycles. The summed E-state index contributed by atoms with van der Waals surface area (Å²) in [5.74, 6) is -0.750. The number of rotatable bonds is 4. The molecule has 0 aromatic carbocycles. The van der Waals surface area contributed by atoms with E-state index in [-0.39, 0.29) is 6.61 Å². The maximum Gasteiger partial charge on any atom is 0.405 e. The van der Waals surface area contributed by atoms with Crippen LogP contribution in [0.15, 0.2) is 0 Å². The van der Waals surface area contributed by atoms with Crippen LogP contribution in [0.4, 0.5) is 13.2 Å². The van der Waals surface area contributed by atoms with Gasteiger partial charge in [0.15, 0.2) is 0 Å². The molecule has 1 aliphatic rings. The Hall–Kier alpha value is -0.820. The van der Waals surface area contributed by atoms with Crippen molar-refractivity contribution in [2.45, 2.75) is 18.7 Å². The summed E-state index contributed by atoms with van der Waals surface area (Å²) in [4.78, 5) is 10.9. The maximum atomic E-state index is 11.7. The molecule has 1 amide bonds. The van der Waals surface area contributed by atoms with Crippen molar-refractivity contribution in [2.24, 2.45) is 0 Å². The van der Waals surface area contributed by atoms with Crippen LogP contribution >= 0.6 is 0 Å². The molecule has 0 unspecified atom stereocenters. The first-order chi connectivity index (χ1) is 6.81. The SMILES string of the molecule is CC1(OCC(=O)NCC(F)(F)F)CNC1. The smallest absolute Gasteiger partial charge is 0.363 e. The van der Waals surface area contributed by atoms with Gasteiger partial charge >= 0.3 is 6.18 Å². The average Bonchev–Trinajstić information content (AvgIpc) is 2.07. The molecule has 2 N–H and O–H groups in total. The quantitative estimate of drug-likeness (QED) is 0.711. The van der Waals surface area contributed by atoms with Crippen molar-refractivity contribution >= 4 is 5.91 Å². The number of amides is 1. The molecule has 0 aromatic heterocycles. The lowest BCUT2D eigenvalue weighted by Crippen LogP contribution is -2.59. The molecule has 0 aliphatic carbocycles. The lowest BCUT2D eigenvalue weighted by atomic mass is 10.0. The van der Waals surface area contributed by atoms with E-state index in [1.165, 1.54) is 0 Å². The summed E-state index contributed by atoms with van der Waals surface area (Å²) in [6.07, 6.45) is -4.38. The number of ether oxygens (including phenoxy) is 1. The third-order valence-electron chi connectivity index (χ3n) is 2.04. The summed E-state index contributed by atoms with van der Waals surface area (Å²) in [5.41, 5.74) is -0.421. The van der Waals surface area contributed by atoms with Gasteiger partial charge in [-0.2, -0.15) is 13.2 Å². The number of alkyl halides is 3. The minimum Gasteiger partial charge on any atom is -0.363 e. The second kappa shape index (κ2) is 4.36. The van der Waals surface area contributed by atoms with Gasteiger partial charge in [-0.1, -0.05) is 0 Å². The first kappa shape index (κ1) is 12.3. The van der Waals surface area contributed by atoms with Crippen molar-refractivity contribution in [3.8, 4) is 0 Å². The summed E-state index contributed by atoms with van der Waals surface area (Å²) in [6.45, 7) is 1.36. The third kappa shape index (κ3) is 4.48. The number of halogens is 3. The fraction of sp³-hybridized carbons (Fsp3) is 0.875. The van der Waals surface area contributed by atoms with E-state index in [1.807, 2.05) is 0 Å². The van der Waals surface area contributed by atoms with E-state index in [4.69, 9.17) is 4.74 Å². The van der Waals surface area contributed by atoms with E-state index in [2.05, 4.69) is 5.32 Å². The van der Waals surface area contributed by atoms with Crippen LogP contribution in [-0.4, -0.2) is 43.9 Å². The van der Waals surface area contributed by atoms with E-state index < -0.39 is 24.2 Å². The Labute approximate surface area is 85.2 Å². The number of carbonyl (C=O) groups excluding carboxylic acids is 1. The summed E-state index contributed by atoms with van der Waals surface area (Å²) >= 11 is 0. The molecule has 0 spiro atoms. The normalized spacial score (nSPS) is 19.5. The summed E-state index contributed by atoms with van der Waals surface area (Å²) < 4.78 is 40.3. The third-order valence-corrected chi connectivity index (χ3v) is 2.04. The minimum atomic E-state index is -4.38. The molecule has 1 fully saturated rings. The molecule has 1 rings (SSSR count). The predicted octanol–water partition coefficient (Wildman–Crippen LogP) is 0.0434. The molecule has 1 heterocycles. The first-order valence-corrected chi connectivity index (χ1v) is 4.49. The summed E-state index contributed by atoms with van der Waals surface area (Å²) in [6, 6.07) is 0. The van der Waals surface area contributed by atoms with Gasteiger partial charge in [-0.05, 0) is 6.92 Å². The summed E-state index contributed by atoms with van der Waals surface area (Å²) in [5, 5.41) is 4.68. The fourth-order valence-corrected chi connectivity index (χ4v) is 1.07. The number of carbonyl (C=O) groups is 1. The van der Waals surface area contributed by atoms with Crippen LogP contribution < -0.4 is 10.6 Å². The van der Waals surface area contributed by atoms with Gasteiger partial charge in [0, 0.05) is 13.1 Å². The van der Waals surface area contributed by atoms with Gasteiger partial charge in [0.1, 0.15) is 13.2 Å². The zero-order chi connectivity index (χ0) is 11.5. The molecule has 7 heteroatoms. The molecule has 0 radical (unpaired) electrons. The Morgan fingerprint density at radius 2 is 2.13 bits per heavy atom. The van der Waals surface area contributed by atoms with Crippen molar-refractivity contribution < 1.29 is 22.7 Å². The van der Waals surface area contributed by atoms with E-state index >= 15 is 0 Å². The topological polar surface area (TPSA) is 50.4 Å². The maximum absolute atomic E-state index is 11.7. The minimum absolute atomic E-state index is 0.339. The van der Waals surface area contributed by atoms with Gasteiger partial charge in [0.25, 0.3) is 0 Å². The molecule has 4 nitrogen and oxygen atoms in total. The highest BCUT2D eigenvalue weighted by molar-refractivity contribution is 5.77. The van der Waals surface area contributed by atoms with Crippen molar-refractivity contribution in [1.29, 1.82) is 0 Å². The van der Waals surface area contributed by atoms with Crippen LogP contribution in [0.25, 0.3) is 0 Å². The molecule has 15 heavy (non-hydrogen) atoms. The van der Waals surface area contributed by atoms with E-state index in [9.17, 15) is 18.0 Å². The zero-order valence-electron chi connectivity index (χ0n) is 8.28. The van der Waals surface area contributed by atoms with Crippen molar-refractivity contribution in [3.63, 3.8) is 0 Å². The molecule has 0 atom stereocenters. The highest BCUT2D eigenvalue weighted by atomic mass is 19.4. The van der Waals surface area contributed by atoms with Crippen molar-refractivity contribution in [1.82, 2.24) is 10.6 Å². The van der Waals surface area contributed by atoms with Gasteiger partial charge < -0.3 is 15.4 Å². The van der Waals surface area contributed by atoms with Gasteiger partial charge in [0.05, 0.1) is 5.60 Å². The van der Waals surface area contributed by atoms with Gasteiger partial charge in [-0.15, -0.1) is 0 Å². The second-order valence-electron chi connectivity index (χ2n) is 3.73. The van der Waals surface area contributed by atoms with Gasteiger partial charge in [-0.3, -0.25) is 4.79 Å². The lowest BCUT2D eigenvalue weighted by molar-refractivity contribution is -0.147. The molecule has 1 saturated heterocycles. The molecule has 1 aliphatic heterocycles. The largest absolute Gasteiger partial charge is 0.405 e. The monoisotopic (exact) mass is 226 g/mol. The lowest BCUT2D eigenvalue weighted by Gasteiger charge is -2.38. The van der Waals surface area contributed by atoms with Gasteiger partial charge in [-0.25, -0.2) is 0 Å². The van der Waals surface area contributed by atoms with Crippen LogP contribution in [0, 0.1) is 0 Å². The molecule has 0 aromatic rings. The second-order valence-corrected chi connectivity index (χ2v) is 3.73. The average molecular weight is 226 g/mol. The summed E-state index contributed by atoms with van der Waals surface area (Å²) in [7, 11) is 0. The predicted molar refractivity (Wildman–Crippen MR) is 46.3 cm³/mol. The van der Waals surface area contributed by atoms with E-state index in [1.54, 1.807) is 12.2 Å². The highest BCUT2D eigenvalue weighted by Crippen LogP contribution is 2.15. The highest BCUT2D eigenvalue weighted by Gasteiger charge is 2.33. The van der Waals surface area contributed by atoms with E-state index in [0.717, 1.165) is 0 Å². The Morgan fingerprint density at radius 3 is 2.53 bits per heavy atom. The fourth-order valence-electron chi connectivity index (χ4n) is 1.07. The van der Waals surface area contributed by atoms with Crippen LogP contribution in [0.2, 0.25) is 0 Å². The number of nitrogens with one attached hydrogen (secondary N) is 2. The zero-order valence-corrected chi connectivity index (χ0v) is 8.28. The van der Waals surface area contributed by atoms with Crippen molar-refractivity contribution in [2.75, 3.05) is 26.2 Å². The van der Waals surface area contributed by atoms with E-state index in [0.29, 0.717) is 13.1 Å². The molecular formula is C8H13F3N2O2. The first-order valence-electron chi connectivity index (χ1n) is 4.49. The molecule has 0 bridgehead atoms. The number of hydrogen-bond donors (Lipinski definition) is 2. The standard InChI is InChI=1S/C8H13F3N2O2/c1-7(3-12-4-7)15-2-6(14)13-5-8(9,10)11/h12H,2-5H2,1H3,(H,13,14). The van der Waals surface area contributed by atoms with Crippen LogP contribution in [0.1, 0.15) is 6.92 Å². The van der Waals surface area contributed by atoms with Crippen molar-refractivity contribution in [3.05, 3.63) is 0 Å². The molecular weight excluding hydrogens is 213 g/mol. The Bertz CT molecular complexity index is 239. The van der Waals surface area contributed by atoms with Crippen LogP contribution in [0.3, 0.4) is 0 Å². The Morgan fingerprint density at radius 1 is 1.53 bits per heavy atom. The van der Waals surface area contributed by atoms with Crippen LogP contribution in [-0.2, 0) is 9.53 Å². The number of hydrogen-bond acceptors (Lipinski definition) is 3. The Kier molecular flexibility index (Phi) is 3.56. The Balaban J connectivity index is 2.14. The molecule has 88 valence electrons. The van der Waals surface area contributed by atoms with Crippen LogP contribution in [0.5, 0.6) is 0 Å². The van der Waals surface area contributed by atoms with Gasteiger partial charge in [0.2, 0.25) is 5.91 Å².